The van der Waals surface area contributed by atoms with Gasteiger partial charge >= 0.3 is 5.82 Å². The van der Waals surface area contributed by atoms with Crippen LogP contribution in [-0.2, 0) is 0 Å². The molecule has 0 aliphatic rings. The number of aromatic nitrogens is 1. The minimum absolute atomic E-state index is 0.00126. The lowest BCUT2D eigenvalue weighted by Gasteiger charge is -2.06. The number of hydrogen-bond donors (Lipinski definition) is 1. The van der Waals surface area contributed by atoms with Gasteiger partial charge in [0, 0.05) is 11.6 Å². The number of nitrogens with zero attached hydrogens (tertiary/aromatic N) is 2. The van der Waals surface area contributed by atoms with Crippen LogP contribution in [0.4, 0.5) is 5.82 Å². The highest BCUT2D eigenvalue weighted by molar-refractivity contribution is 6.10. The molecule has 0 atom stereocenters. The second-order valence-corrected chi connectivity index (χ2v) is 4.26. The van der Waals surface area contributed by atoms with E-state index in [4.69, 9.17) is 0 Å². The van der Waals surface area contributed by atoms with E-state index >= 15 is 0 Å². The van der Waals surface area contributed by atoms with Crippen LogP contribution in [0.5, 0.6) is 0 Å². The van der Waals surface area contributed by atoms with Gasteiger partial charge < -0.3 is 10.1 Å². The quantitative estimate of drug-likeness (QED) is 0.527. The molecular weight excluding hydrogens is 274 g/mol. The maximum atomic E-state index is 12.0. The summed E-state index contributed by atoms with van der Waals surface area (Å²) in [4.78, 5) is 37.3. The molecule has 0 saturated heterocycles. The van der Waals surface area contributed by atoms with Crippen LogP contribution in [0.1, 0.15) is 26.3 Å². The molecule has 0 saturated carbocycles. The summed E-state index contributed by atoms with van der Waals surface area (Å²) in [6, 6.07) is 9.11. The van der Waals surface area contributed by atoms with E-state index in [0.29, 0.717) is 5.56 Å². The smallest absolute Gasteiger partial charge is 0.358 e. The standard InChI is InChI=1S/C14H11N3O4/c1-9-4-2-3-5-11(9)14(19)16-13(18)10-6-7-15-12(8-10)17(20)21/h2-8H,1H3,(H,16,18,19). The van der Waals surface area contributed by atoms with E-state index in [2.05, 4.69) is 10.3 Å². The average Bonchev–Trinajstić information content (AvgIpc) is 2.47. The van der Waals surface area contributed by atoms with E-state index in [-0.39, 0.29) is 5.56 Å². The summed E-state index contributed by atoms with van der Waals surface area (Å²) in [7, 11) is 0. The largest absolute Gasteiger partial charge is 0.364 e. The van der Waals surface area contributed by atoms with Crippen molar-refractivity contribution >= 4 is 17.6 Å². The summed E-state index contributed by atoms with van der Waals surface area (Å²) in [5.74, 6) is -1.72. The molecule has 2 aromatic rings. The molecule has 7 heteroatoms. The molecule has 7 nitrogen and oxygen atoms in total. The van der Waals surface area contributed by atoms with Gasteiger partial charge in [0.1, 0.15) is 6.20 Å². The van der Waals surface area contributed by atoms with Crippen LogP contribution in [-0.4, -0.2) is 21.7 Å². The fourth-order valence-corrected chi connectivity index (χ4v) is 1.73. The first kappa shape index (κ1) is 14.3. The van der Waals surface area contributed by atoms with Gasteiger partial charge in [-0.3, -0.25) is 14.9 Å². The summed E-state index contributed by atoms with van der Waals surface area (Å²) in [6.45, 7) is 1.75. The number of pyridine rings is 1. The van der Waals surface area contributed by atoms with Crippen molar-refractivity contribution in [3.8, 4) is 0 Å². The monoisotopic (exact) mass is 285 g/mol. The normalized spacial score (nSPS) is 9.95. The molecule has 0 spiro atoms. The number of imide groups is 1. The van der Waals surface area contributed by atoms with Crippen molar-refractivity contribution in [2.45, 2.75) is 6.92 Å². The molecular formula is C14H11N3O4. The van der Waals surface area contributed by atoms with E-state index in [1.807, 2.05) is 0 Å². The lowest BCUT2D eigenvalue weighted by molar-refractivity contribution is -0.389. The third-order valence-electron chi connectivity index (χ3n) is 2.81. The number of aryl methyl sites for hydroxylation is 1. The lowest BCUT2D eigenvalue weighted by atomic mass is 10.1. The van der Waals surface area contributed by atoms with Gasteiger partial charge in [0.15, 0.2) is 0 Å². The topological polar surface area (TPSA) is 102 Å². The van der Waals surface area contributed by atoms with Crippen molar-refractivity contribution in [1.82, 2.24) is 10.3 Å². The number of nitro groups is 1. The molecule has 1 aromatic heterocycles. The van der Waals surface area contributed by atoms with Crippen molar-refractivity contribution in [3.05, 3.63) is 69.4 Å². The molecule has 1 N–H and O–H groups in total. The first-order valence-electron chi connectivity index (χ1n) is 6.01. The molecule has 0 radical (unpaired) electrons. The molecule has 21 heavy (non-hydrogen) atoms. The predicted octanol–water partition coefficient (Wildman–Crippen LogP) is 1.87. The lowest BCUT2D eigenvalue weighted by Crippen LogP contribution is -2.31. The predicted molar refractivity (Wildman–Crippen MR) is 73.9 cm³/mol. The maximum Gasteiger partial charge on any atom is 0.364 e. The second-order valence-electron chi connectivity index (χ2n) is 4.26. The van der Waals surface area contributed by atoms with Gasteiger partial charge in [0.05, 0.1) is 5.56 Å². The van der Waals surface area contributed by atoms with E-state index in [0.717, 1.165) is 17.8 Å². The van der Waals surface area contributed by atoms with Gasteiger partial charge in [-0.1, -0.05) is 18.2 Å². The second kappa shape index (κ2) is 5.91. The van der Waals surface area contributed by atoms with Gasteiger partial charge in [-0.2, -0.15) is 0 Å². The number of carbonyl (C=O) groups excluding carboxylic acids is 2. The highest BCUT2D eigenvalue weighted by Gasteiger charge is 2.16. The Bertz CT molecular complexity index is 728. The van der Waals surface area contributed by atoms with Crippen molar-refractivity contribution in [3.63, 3.8) is 0 Å². The highest BCUT2D eigenvalue weighted by atomic mass is 16.6. The van der Waals surface area contributed by atoms with Gasteiger partial charge in [-0.15, -0.1) is 0 Å². The molecule has 2 amide bonds. The van der Waals surface area contributed by atoms with E-state index < -0.39 is 22.6 Å². The van der Waals surface area contributed by atoms with Crippen molar-refractivity contribution in [2.24, 2.45) is 0 Å². The molecule has 2 rings (SSSR count). The average molecular weight is 285 g/mol. The van der Waals surface area contributed by atoms with Gasteiger partial charge in [-0.25, -0.2) is 0 Å². The summed E-state index contributed by atoms with van der Waals surface area (Å²) in [6.07, 6.45) is 1.14. The molecule has 1 aromatic carbocycles. The fourth-order valence-electron chi connectivity index (χ4n) is 1.73. The van der Waals surface area contributed by atoms with Crippen LogP contribution in [0, 0.1) is 17.0 Å². The summed E-state index contributed by atoms with van der Waals surface area (Å²) >= 11 is 0. The van der Waals surface area contributed by atoms with E-state index in [9.17, 15) is 19.7 Å². The van der Waals surface area contributed by atoms with Crippen molar-refractivity contribution < 1.29 is 14.5 Å². The molecule has 0 fully saturated rings. The SMILES string of the molecule is Cc1ccccc1C(=O)NC(=O)c1ccnc([N+](=O)[O-])c1. The number of carbonyl (C=O) groups is 2. The summed E-state index contributed by atoms with van der Waals surface area (Å²) < 4.78 is 0. The Morgan fingerprint density at radius 3 is 2.57 bits per heavy atom. The third kappa shape index (κ3) is 3.27. The van der Waals surface area contributed by atoms with Crippen LogP contribution in [0.25, 0.3) is 0 Å². The van der Waals surface area contributed by atoms with Crippen molar-refractivity contribution in [2.75, 3.05) is 0 Å². The van der Waals surface area contributed by atoms with Crippen LogP contribution in [0.15, 0.2) is 42.6 Å². The number of rotatable bonds is 3. The zero-order chi connectivity index (χ0) is 15.4. The molecule has 0 aliphatic carbocycles. The molecule has 106 valence electrons. The highest BCUT2D eigenvalue weighted by Crippen LogP contribution is 2.10. The molecule has 0 bridgehead atoms. The zero-order valence-corrected chi connectivity index (χ0v) is 11.1. The first-order chi connectivity index (χ1) is 9.99. The Labute approximate surface area is 119 Å². The van der Waals surface area contributed by atoms with Gasteiger partial charge in [0.25, 0.3) is 11.8 Å². The maximum absolute atomic E-state index is 12.0. The number of nitrogens with one attached hydrogen (secondary N) is 1. The Morgan fingerprint density at radius 2 is 1.90 bits per heavy atom. The number of benzene rings is 1. The van der Waals surface area contributed by atoms with Crippen molar-refractivity contribution in [1.29, 1.82) is 0 Å². The van der Waals surface area contributed by atoms with Gasteiger partial charge in [-0.05, 0) is 34.5 Å². The number of amides is 2. The number of hydrogen-bond acceptors (Lipinski definition) is 5. The minimum Gasteiger partial charge on any atom is -0.358 e. The van der Waals surface area contributed by atoms with Crippen LogP contribution in [0.2, 0.25) is 0 Å². The van der Waals surface area contributed by atoms with Crippen LogP contribution in [0.3, 0.4) is 0 Å². The Hall–Kier alpha value is -3.09. The van der Waals surface area contributed by atoms with Crippen LogP contribution < -0.4 is 5.32 Å². The summed E-state index contributed by atoms with van der Waals surface area (Å²) in [5.41, 5.74) is 1.09. The fraction of sp³-hybridized carbons (Fsp3) is 0.0714. The Morgan fingerprint density at radius 1 is 1.19 bits per heavy atom. The van der Waals surface area contributed by atoms with E-state index in [1.165, 1.54) is 6.07 Å². The zero-order valence-electron chi connectivity index (χ0n) is 11.1. The Kier molecular flexibility index (Phi) is 4.03. The minimum atomic E-state index is -0.714. The Balaban J connectivity index is 2.19. The molecule has 1 heterocycles. The van der Waals surface area contributed by atoms with E-state index in [1.54, 1.807) is 31.2 Å². The summed E-state index contributed by atoms with van der Waals surface area (Å²) in [5, 5.41) is 12.8. The first-order valence-corrected chi connectivity index (χ1v) is 6.01. The molecule has 0 unspecified atom stereocenters. The molecule has 0 aliphatic heterocycles. The van der Waals surface area contributed by atoms with Gasteiger partial charge in [0.2, 0.25) is 0 Å². The van der Waals surface area contributed by atoms with Crippen LogP contribution >= 0.6 is 0 Å². The third-order valence-corrected chi connectivity index (χ3v) is 2.81.